The van der Waals surface area contributed by atoms with E-state index < -0.39 is 0 Å². The van der Waals surface area contributed by atoms with Crippen LogP contribution in [0.4, 0.5) is 11.5 Å². The Morgan fingerprint density at radius 1 is 1.00 bits per heavy atom. The standard InChI is InChI=1S/C22H27N3/c1-7-14(3)22-19-10-17(6)23-12-18(19)11-20(25-22)24-21-15(4)8-13(2)9-16(21)5/h8-12,14H,7H2,1-6H3,(H,24,25). The van der Waals surface area contributed by atoms with E-state index in [4.69, 9.17) is 4.98 Å². The van der Waals surface area contributed by atoms with E-state index in [1.165, 1.54) is 22.1 Å². The largest absolute Gasteiger partial charge is 0.340 e. The van der Waals surface area contributed by atoms with Gasteiger partial charge in [0.2, 0.25) is 0 Å². The number of nitrogens with zero attached hydrogens (tertiary/aromatic N) is 2. The van der Waals surface area contributed by atoms with Crippen molar-refractivity contribution in [3.05, 3.63) is 58.5 Å². The summed E-state index contributed by atoms with van der Waals surface area (Å²) in [7, 11) is 0. The van der Waals surface area contributed by atoms with Crippen molar-refractivity contribution >= 4 is 22.3 Å². The summed E-state index contributed by atoms with van der Waals surface area (Å²) >= 11 is 0. The predicted molar refractivity (Wildman–Crippen MR) is 107 cm³/mol. The average molecular weight is 333 g/mol. The summed E-state index contributed by atoms with van der Waals surface area (Å²) in [5.74, 6) is 1.30. The lowest BCUT2D eigenvalue weighted by Crippen LogP contribution is -2.04. The number of pyridine rings is 2. The van der Waals surface area contributed by atoms with Gasteiger partial charge in [-0.15, -0.1) is 0 Å². The second-order valence-corrected chi connectivity index (χ2v) is 7.15. The van der Waals surface area contributed by atoms with E-state index in [2.05, 4.69) is 69.2 Å². The van der Waals surface area contributed by atoms with Gasteiger partial charge in [0.25, 0.3) is 0 Å². The Morgan fingerprint density at radius 3 is 2.32 bits per heavy atom. The maximum atomic E-state index is 4.97. The van der Waals surface area contributed by atoms with Crippen molar-refractivity contribution in [3.63, 3.8) is 0 Å². The summed E-state index contributed by atoms with van der Waals surface area (Å²) < 4.78 is 0. The molecular weight excluding hydrogens is 306 g/mol. The number of aryl methyl sites for hydroxylation is 4. The second kappa shape index (κ2) is 6.83. The molecule has 1 unspecified atom stereocenters. The van der Waals surface area contributed by atoms with Crippen LogP contribution in [0.15, 0.2) is 30.5 Å². The van der Waals surface area contributed by atoms with Gasteiger partial charge in [-0.3, -0.25) is 4.98 Å². The van der Waals surface area contributed by atoms with E-state index in [1.807, 2.05) is 13.1 Å². The minimum atomic E-state index is 0.409. The molecule has 3 aromatic rings. The summed E-state index contributed by atoms with van der Waals surface area (Å²) in [5.41, 5.74) is 7.10. The third-order valence-electron chi connectivity index (χ3n) is 4.89. The predicted octanol–water partition coefficient (Wildman–Crippen LogP) is 6.12. The number of aromatic nitrogens is 2. The Labute approximate surface area is 150 Å². The Kier molecular flexibility index (Phi) is 4.76. The monoisotopic (exact) mass is 333 g/mol. The van der Waals surface area contributed by atoms with Crippen LogP contribution in [0.3, 0.4) is 0 Å². The number of benzene rings is 1. The fraction of sp³-hybridized carbons (Fsp3) is 0.364. The minimum Gasteiger partial charge on any atom is -0.340 e. The first-order chi connectivity index (χ1) is 11.9. The highest BCUT2D eigenvalue weighted by Crippen LogP contribution is 2.31. The molecule has 3 nitrogen and oxygen atoms in total. The van der Waals surface area contributed by atoms with Crippen molar-refractivity contribution in [1.29, 1.82) is 0 Å². The molecule has 130 valence electrons. The number of hydrogen-bond donors (Lipinski definition) is 1. The topological polar surface area (TPSA) is 37.8 Å². The van der Waals surface area contributed by atoms with Crippen LogP contribution in [-0.2, 0) is 0 Å². The highest BCUT2D eigenvalue weighted by atomic mass is 15.0. The fourth-order valence-electron chi connectivity index (χ4n) is 3.42. The van der Waals surface area contributed by atoms with Gasteiger partial charge in [0.05, 0.1) is 5.69 Å². The van der Waals surface area contributed by atoms with Crippen LogP contribution in [-0.4, -0.2) is 9.97 Å². The van der Waals surface area contributed by atoms with Crippen LogP contribution >= 0.6 is 0 Å². The third kappa shape index (κ3) is 3.51. The van der Waals surface area contributed by atoms with Gasteiger partial charge < -0.3 is 5.32 Å². The third-order valence-corrected chi connectivity index (χ3v) is 4.89. The lowest BCUT2D eigenvalue weighted by molar-refractivity contribution is 0.716. The molecule has 3 rings (SSSR count). The number of hydrogen-bond acceptors (Lipinski definition) is 3. The van der Waals surface area contributed by atoms with Gasteiger partial charge in [0, 0.05) is 28.4 Å². The summed E-state index contributed by atoms with van der Waals surface area (Å²) in [6, 6.07) is 8.66. The molecule has 0 radical (unpaired) electrons. The van der Waals surface area contributed by atoms with Gasteiger partial charge in [-0.2, -0.15) is 0 Å². The van der Waals surface area contributed by atoms with E-state index in [9.17, 15) is 0 Å². The minimum absolute atomic E-state index is 0.409. The van der Waals surface area contributed by atoms with Crippen molar-refractivity contribution in [3.8, 4) is 0 Å². The Hall–Kier alpha value is -2.42. The summed E-state index contributed by atoms with van der Waals surface area (Å²) in [6.07, 6.45) is 3.02. The molecule has 0 aliphatic heterocycles. The lowest BCUT2D eigenvalue weighted by Gasteiger charge is -2.17. The van der Waals surface area contributed by atoms with Gasteiger partial charge in [0.1, 0.15) is 5.82 Å². The average Bonchev–Trinajstić information content (AvgIpc) is 2.57. The normalized spacial score (nSPS) is 12.4. The van der Waals surface area contributed by atoms with E-state index in [-0.39, 0.29) is 0 Å². The molecule has 2 aromatic heterocycles. The van der Waals surface area contributed by atoms with E-state index in [0.29, 0.717) is 5.92 Å². The zero-order valence-electron chi connectivity index (χ0n) is 16.1. The zero-order valence-corrected chi connectivity index (χ0v) is 16.1. The van der Waals surface area contributed by atoms with Gasteiger partial charge in [0.15, 0.2) is 0 Å². The molecule has 0 aliphatic rings. The van der Waals surface area contributed by atoms with E-state index in [0.717, 1.165) is 34.7 Å². The molecule has 1 aromatic carbocycles. The summed E-state index contributed by atoms with van der Waals surface area (Å²) in [4.78, 5) is 9.45. The maximum absolute atomic E-state index is 4.97. The van der Waals surface area contributed by atoms with Crippen LogP contribution in [0.25, 0.3) is 10.8 Å². The number of nitrogens with one attached hydrogen (secondary N) is 1. The van der Waals surface area contributed by atoms with Crippen LogP contribution in [0.2, 0.25) is 0 Å². The van der Waals surface area contributed by atoms with Crippen LogP contribution in [0.1, 0.15) is 54.3 Å². The lowest BCUT2D eigenvalue weighted by atomic mass is 9.98. The van der Waals surface area contributed by atoms with Gasteiger partial charge in [-0.05, 0) is 63.3 Å². The SMILES string of the molecule is CCC(C)c1nc(Nc2c(C)cc(C)cc2C)cc2cnc(C)cc12. The highest BCUT2D eigenvalue weighted by Gasteiger charge is 2.13. The first kappa shape index (κ1) is 17.4. The molecule has 0 saturated carbocycles. The van der Waals surface area contributed by atoms with Crippen molar-refractivity contribution in [2.24, 2.45) is 0 Å². The molecular formula is C22H27N3. The molecule has 0 fully saturated rings. The van der Waals surface area contributed by atoms with Crippen molar-refractivity contribution in [1.82, 2.24) is 9.97 Å². The molecule has 3 heteroatoms. The Balaban J connectivity index is 2.13. The summed E-state index contributed by atoms with van der Waals surface area (Å²) in [5, 5.41) is 5.91. The molecule has 0 spiro atoms. The first-order valence-corrected chi connectivity index (χ1v) is 9.01. The van der Waals surface area contributed by atoms with Crippen LogP contribution in [0, 0.1) is 27.7 Å². The molecule has 0 aliphatic carbocycles. The highest BCUT2D eigenvalue weighted by molar-refractivity contribution is 5.87. The number of anilines is 2. The molecule has 1 N–H and O–H groups in total. The molecule has 0 saturated heterocycles. The van der Waals surface area contributed by atoms with Crippen molar-refractivity contribution < 1.29 is 0 Å². The van der Waals surface area contributed by atoms with Crippen LogP contribution in [0.5, 0.6) is 0 Å². The van der Waals surface area contributed by atoms with Gasteiger partial charge >= 0.3 is 0 Å². The van der Waals surface area contributed by atoms with E-state index >= 15 is 0 Å². The van der Waals surface area contributed by atoms with E-state index in [1.54, 1.807) is 0 Å². The first-order valence-electron chi connectivity index (χ1n) is 9.01. The fourth-order valence-corrected chi connectivity index (χ4v) is 3.42. The summed E-state index contributed by atoms with van der Waals surface area (Å²) in [6.45, 7) is 12.9. The second-order valence-electron chi connectivity index (χ2n) is 7.15. The van der Waals surface area contributed by atoms with Gasteiger partial charge in [-0.25, -0.2) is 4.98 Å². The number of rotatable bonds is 4. The molecule has 2 heterocycles. The van der Waals surface area contributed by atoms with Crippen molar-refractivity contribution in [2.45, 2.75) is 53.9 Å². The number of fused-ring (bicyclic) bond motifs is 1. The Morgan fingerprint density at radius 2 is 1.68 bits per heavy atom. The van der Waals surface area contributed by atoms with Gasteiger partial charge in [-0.1, -0.05) is 31.5 Å². The molecule has 25 heavy (non-hydrogen) atoms. The van der Waals surface area contributed by atoms with Crippen molar-refractivity contribution in [2.75, 3.05) is 5.32 Å². The quantitative estimate of drug-likeness (QED) is 0.625. The smallest absolute Gasteiger partial charge is 0.131 e. The van der Waals surface area contributed by atoms with Crippen LogP contribution < -0.4 is 5.32 Å². The Bertz CT molecular complexity index is 905. The molecule has 0 amide bonds. The molecule has 0 bridgehead atoms. The zero-order chi connectivity index (χ0) is 18.1. The maximum Gasteiger partial charge on any atom is 0.131 e. The molecule has 1 atom stereocenters.